The fourth-order valence-corrected chi connectivity index (χ4v) is 1.73. The van der Waals surface area contributed by atoms with Crippen LogP contribution < -0.4 is 0 Å². The molecule has 1 aliphatic carbocycles. The summed E-state index contributed by atoms with van der Waals surface area (Å²) in [5, 5.41) is 8.63. The first-order chi connectivity index (χ1) is 5.42. The third-order valence-corrected chi connectivity index (χ3v) is 2.45. The molecule has 0 aliphatic heterocycles. The number of carbonyl (C=O) groups is 1. The maximum absolute atomic E-state index is 12.7. The molecule has 0 spiro atoms. The second-order valence-electron chi connectivity index (χ2n) is 3.52. The lowest BCUT2D eigenvalue weighted by Gasteiger charge is -2.31. The molecule has 0 bridgehead atoms. The van der Waals surface area contributed by atoms with Crippen LogP contribution in [-0.2, 0) is 4.79 Å². The third kappa shape index (κ3) is 1.93. The molecule has 2 atom stereocenters. The maximum atomic E-state index is 12.7. The predicted octanol–water partition coefficient (Wildman–Crippen LogP) is 2.14. The Bertz CT molecular complexity index is 191. The summed E-state index contributed by atoms with van der Waals surface area (Å²) in [4.78, 5) is 10.5. The van der Waals surface area contributed by atoms with E-state index in [0.29, 0.717) is 0 Å². The van der Waals surface area contributed by atoms with Crippen LogP contribution in [0.25, 0.3) is 0 Å². The van der Waals surface area contributed by atoms with Gasteiger partial charge in [0.1, 0.15) is 0 Å². The lowest BCUT2D eigenvalue weighted by Crippen LogP contribution is -2.34. The average molecular weight is 178 g/mol. The summed E-state index contributed by atoms with van der Waals surface area (Å²) in [7, 11) is 0. The zero-order chi connectivity index (χ0) is 9.35. The van der Waals surface area contributed by atoms with E-state index < -0.39 is 23.7 Å². The van der Waals surface area contributed by atoms with Gasteiger partial charge in [0.15, 0.2) is 0 Å². The normalized spacial score (nSPS) is 34.6. The van der Waals surface area contributed by atoms with Crippen molar-refractivity contribution in [2.45, 2.75) is 32.1 Å². The van der Waals surface area contributed by atoms with E-state index in [1.54, 1.807) is 6.92 Å². The van der Waals surface area contributed by atoms with Crippen LogP contribution >= 0.6 is 0 Å². The molecule has 2 nitrogen and oxygen atoms in total. The Labute approximate surface area is 69.6 Å². The van der Waals surface area contributed by atoms with E-state index in [1.165, 1.54) is 0 Å². The highest BCUT2D eigenvalue weighted by Crippen LogP contribution is 2.39. The SMILES string of the molecule is C[C@@H]1CC(F)(F)CC[C@H]1C(=O)O. The predicted molar refractivity (Wildman–Crippen MR) is 39.1 cm³/mol. The number of hydrogen-bond donors (Lipinski definition) is 1. The molecule has 0 radical (unpaired) electrons. The van der Waals surface area contributed by atoms with Gasteiger partial charge in [-0.3, -0.25) is 4.79 Å². The van der Waals surface area contributed by atoms with Crippen molar-refractivity contribution in [2.75, 3.05) is 0 Å². The Kier molecular flexibility index (Phi) is 2.35. The number of alkyl halides is 2. The highest BCUT2D eigenvalue weighted by molar-refractivity contribution is 5.70. The van der Waals surface area contributed by atoms with Gasteiger partial charge in [-0.25, -0.2) is 8.78 Å². The molecule has 0 heterocycles. The van der Waals surface area contributed by atoms with Gasteiger partial charge in [0.2, 0.25) is 5.92 Å². The molecule has 70 valence electrons. The molecule has 0 unspecified atom stereocenters. The van der Waals surface area contributed by atoms with Crippen molar-refractivity contribution in [3.63, 3.8) is 0 Å². The first kappa shape index (κ1) is 9.42. The van der Waals surface area contributed by atoms with Crippen LogP contribution in [0.3, 0.4) is 0 Å². The van der Waals surface area contributed by atoms with E-state index in [4.69, 9.17) is 5.11 Å². The molecular weight excluding hydrogens is 166 g/mol. The highest BCUT2D eigenvalue weighted by atomic mass is 19.3. The summed E-state index contributed by atoms with van der Waals surface area (Å²) in [6, 6.07) is 0. The molecule has 1 aliphatic rings. The van der Waals surface area contributed by atoms with E-state index in [1.807, 2.05) is 0 Å². The Morgan fingerprint density at radius 2 is 2.17 bits per heavy atom. The van der Waals surface area contributed by atoms with E-state index in [9.17, 15) is 13.6 Å². The second kappa shape index (κ2) is 2.99. The molecule has 1 rings (SSSR count). The summed E-state index contributed by atoms with van der Waals surface area (Å²) < 4.78 is 25.4. The van der Waals surface area contributed by atoms with Crippen LogP contribution in [0.5, 0.6) is 0 Å². The minimum atomic E-state index is -2.65. The van der Waals surface area contributed by atoms with Gasteiger partial charge in [-0.1, -0.05) is 6.92 Å². The minimum absolute atomic E-state index is 0.101. The fraction of sp³-hybridized carbons (Fsp3) is 0.875. The van der Waals surface area contributed by atoms with Crippen LogP contribution in [0, 0.1) is 11.8 Å². The van der Waals surface area contributed by atoms with Crippen molar-refractivity contribution in [3.8, 4) is 0 Å². The number of hydrogen-bond acceptors (Lipinski definition) is 1. The van der Waals surface area contributed by atoms with Gasteiger partial charge in [0.05, 0.1) is 5.92 Å². The van der Waals surface area contributed by atoms with Crippen LogP contribution in [-0.4, -0.2) is 17.0 Å². The molecule has 0 amide bonds. The van der Waals surface area contributed by atoms with Crippen molar-refractivity contribution in [3.05, 3.63) is 0 Å². The Morgan fingerprint density at radius 1 is 1.58 bits per heavy atom. The van der Waals surface area contributed by atoms with Gasteiger partial charge in [-0.15, -0.1) is 0 Å². The van der Waals surface area contributed by atoms with Crippen LogP contribution in [0.1, 0.15) is 26.2 Å². The Hall–Kier alpha value is -0.670. The highest BCUT2D eigenvalue weighted by Gasteiger charge is 2.41. The quantitative estimate of drug-likeness (QED) is 0.667. The van der Waals surface area contributed by atoms with Crippen molar-refractivity contribution >= 4 is 5.97 Å². The van der Waals surface area contributed by atoms with Gasteiger partial charge < -0.3 is 5.11 Å². The van der Waals surface area contributed by atoms with Crippen molar-refractivity contribution < 1.29 is 18.7 Å². The molecule has 1 saturated carbocycles. The van der Waals surface area contributed by atoms with Gasteiger partial charge >= 0.3 is 5.97 Å². The molecule has 0 aromatic carbocycles. The molecule has 1 fully saturated rings. The summed E-state index contributed by atoms with van der Waals surface area (Å²) in [6.45, 7) is 1.58. The van der Waals surface area contributed by atoms with Crippen molar-refractivity contribution in [2.24, 2.45) is 11.8 Å². The second-order valence-corrected chi connectivity index (χ2v) is 3.52. The van der Waals surface area contributed by atoms with Crippen LogP contribution in [0.15, 0.2) is 0 Å². The Balaban J connectivity index is 2.60. The monoisotopic (exact) mass is 178 g/mol. The summed E-state index contributed by atoms with van der Waals surface area (Å²) in [6.07, 6.45) is -0.470. The summed E-state index contributed by atoms with van der Waals surface area (Å²) in [5.41, 5.74) is 0. The largest absolute Gasteiger partial charge is 0.481 e. The molecule has 12 heavy (non-hydrogen) atoms. The van der Waals surface area contributed by atoms with Crippen molar-refractivity contribution in [1.82, 2.24) is 0 Å². The molecule has 0 saturated heterocycles. The lowest BCUT2D eigenvalue weighted by atomic mass is 9.78. The first-order valence-electron chi connectivity index (χ1n) is 4.03. The maximum Gasteiger partial charge on any atom is 0.306 e. The topological polar surface area (TPSA) is 37.3 Å². The van der Waals surface area contributed by atoms with E-state index in [0.717, 1.165) is 0 Å². The first-order valence-corrected chi connectivity index (χ1v) is 4.03. The minimum Gasteiger partial charge on any atom is -0.481 e. The lowest BCUT2D eigenvalue weighted by molar-refractivity contribution is -0.149. The number of carboxylic acid groups (broad SMARTS) is 1. The molecule has 4 heteroatoms. The zero-order valence-electron chi connectivity index (χ0n) is 6.89. The van der Waals surface area contributed by atoms with E-state index in [-0.39, 0.29) is 19.3 Å². The van der Waals surface area contributed by atoms with E-state index in [2.05, 4.69) is 0 Å². The van der Waals surface area contributed by atoms with Crippen LogP contribution in [0.4, 0.5) is 8.78 Å². The number of carboxylic acids is 1. The van der Waals surface area contributed by atoms with Crippen molar-refractivity contribution in [1.29, 1.82) is 0 Å². The number of halogens is 2. The molecular formula is C8H12F2O2. The third-order valence-electron chi connectivity index (χ3n) is 2.45. The van der Waals surface area contributed by atoms with Gasteiger partial charge in [-0.05, 0) is 12.3 Å². The van der Waals surface area contributed by atoms with Gasteiger partial charge in [0, 0.05) is 12.8 Å². The van der Waals surface area contributed by atoms with E-state index >= 15 is 0 Å². The summed E-state index contributed by atoms with van der Waals surface area (Å²) >= 11 is 0. The van der Waals surface area contributed by atoms with Gasteiger partial charge in [-0.2, -0.15) is 0 Å². The zero-order valence-corrected chi connectivity index (χ0v) is 6.89. The number of aliphatic carboxylic acids is 1. The average Bonchev–Trinajstić information content (AvgIpc) is 1.83. The fourth-order valence-electron chi connectivity index (χ4n) is 1.73. The molecule has 0 aromatic heterocycles. The molecule has 1 N–H and O–H groups in total. The standard InChI is InChI=1S/C8H12F2O2/c1-5-4-8(9,10)3-2-6(5)7(11)12/h5-6H,2-4H2,1H3,(H,11,12)/t5-,6-/m1/s1. The molecule has 0 aromatic rings. The van der Waals surface area contributed by atoms with Crippen LogP contribution in [0.2, 0.25) is 0 Å². The number of rotatable bonds is 1. The van der Waals surface area contributed by atoms with Gasteiger partial charge in [0.25, 0.3) is 0 Å². The Morgan fingerprint density at radius 3 is 2.58 bits per heavy atom. The smallest absolute Gasteiger partial charge is 0.306 e. The summed E-state index contributed by atoms with van der Waals surface area (Å²) in [5.74, 6) is -4.58.